The van der Waals surface area contributed by atoms with E-state index in [-0.39, 0.29) is 0 Å². The van der Waals surface area contributed by atoms with Gasteiger partial charge in [-0.25, -0.2) is 0 Å². The van der Waals surface area contributed by atoms with Gasteiger partial charge in [0.2, 0.25) is 0 Å². The molecule has 1 aliphatic rings. The summed E-state index contributed by atoms with van der Waals surface area (Å²) < 4.78 is 0. The first-order valence-electron chi connectivity index (χ1n) is 4.62. The van der Waals surface area contributed by atoms with Crippen LogP contribution < -0.4 is 0 Å². The second-order valence-corrected chi connectivity index (χ2v) is 2.99. The van der Waals surface area contributed by atoms with Crippen LogP contribution in [0.15, 0.2) is 72.2 Å². The molecular formula is C13H14B. The van der Waals surface area contributed by atoms with Crippen LogP contribution in [0.25, 0.3) is 0 Å². The summed E-state index contributed by atoms with van der Waals surface area (Å²) in [5.74, 6) is 0. The molecule has 0 aromatic heterocycles. The molecule has 1 aliphatic heterocycles. The maximum absolute atomic E-state index is 3.81. The van der Waals surface area contributed by atoms with Crippen molar-refractivity contribution in [3.63, 3.8) is 0 Å². The van der Waals surface area contributed by atoms with E-state index >= 15 is 0 Å². The summed E-state index contributed by atoms with van der Waals surface area (Å²) in [6.45, 7) is 13.4. The number of hydrogen-bond donors (Lipinski definition) is 0. The van der Waals surface area contributed by atoms with Crippen molar-refractivity contribution in [1.82, 2.24) is 0 Å². The zero-order valence-electron chi connectivity index (χ0n) is 8.59. The molecule has 0 nitrogen and oxygen atoms in total. The summed E-state index contributed by atoms with van der Waals surface area (Å²) in [7, 11) is 2.08. The third kappa shape index (κ3) is 1.72. The van der Waals surface area contributed by atoms with Crippen LogP contribution in [0.4, 0.5) is 0 Å². The molecule has 0 saturated carbocycles. The van der Waals surface area contributed by atoms with Gasteiger partial charge < -0.3 is 0 Å². The lowest BCUT2D eigenvalue weighted by Crippen LogP contribution is -1.91. The highest BCUT2D eigenvalue weighted by Crippen LogP contribution is 2.29. The van der Waals surface area contributed by atoms with Gasteiger partial charge in [0, 0.05) is 0 Å². The van der Waals surface area contributed by atoms with Gasteiger partial charge >= 0.3 is 0 Å². The Labute approximate surface area is 87.0 Å². The molecule has 0 amide bonds. The van der Waals surface area contributed by atoms with Crippen molar-refractivity contribution < 1.29 is 0 Å². The molecule has 0 atom stereocenters. The Hall–Kier alpha value is -1.50. The monoisotopic (exact) mass is 181 g/mol. The van der Waals surface area contributed by atoms with Crippen molar-refractivity contribution in [3.8, 4) is 0 Å². The lowest BCUT2D eigenvalue weighted by Gasteiger charge is -2.01. The zero-order valence-corrected chi connectivity index (χ0v) is 8.59. The van der Waals surface area contributed by atoms with Crippen molar-refractivity contribution in [3.05, 3.63) is 72.2 Å². The Bertz CT molecular complexity index is 365. The Morgan fingerprint density at radius 3 is 1.93 bits per heavy atom. The average Bonchev–Trinajstić information content (AvgIpc) is 2.56. The lowest BCUT2D eigenvalue weighted by molar-refractivity contribution is 1.53. The molecule has 0 aliphatic carbocycles. The normalized spacial score (nSPS) is 16.1. The molecule has 1 radical (unpaired) electrons. The van der Waals surface area contributed by atoms with Gasteiger partial charge in [-0.3, -0.25) is 0 Å². The van der Waals surface area contributed by atoms with Crippen LogP contribution in [0.5, 0.6) is 0 Å². The summed E-state index contributed by atoms with van der Waals surface area (Å²) in [4.78, 5) is 0. The summed E-state index contributed by atoms with van der Waals surface area (Å²) >= 11 is 0. The van der Waals surface area contributed by atoms with E-state index in [0.29, 0.717) is 0 Å². The molecule has 69 valence electrons. The molecule has 0 aromatic rings. The van der Waals surface area contributed by atoms with Gasteiger partial charge in [-0.1, -0.05) is 61.1 Å². The predicted molar refractivity (Wildman–Crippen MR) is 65.2 cm³/mol. The van der Waals surface area contributed by atoms with Crippen molar-refractivity contribution in [2.75, 3.05) is 0 Å². The van der Waals surface area contributed by atoms with Gasteiger partial charge in [0.25, 0.3) is 0 Å². The Morgan fingerprint density at radius 1 is 0.929 bits per heavy atom. The minimum absolute atomic E-state index is 1.11. The second kappa shape index (κ2) is 4.66. The largest absolute Gasteiger partial charge is 0.192 e. The number of allylic oxidation sites excluding steroid dienone is 9. The molecule has 0 fully saturated rings. The SMILES string of the molecule is C=CC1=C(C=C)C(/C=C\C)=C(C=C)[B]1. The minimum Gasteiger partial charge on any atom is -0.0996 e. The average molecular weight is 181 g/mol. The molecule has 1 heterocycles. The van der Waals surface area contributed by atoms with Crippen molar-refractivity contribution in [1.29, 1.82) is 0 Å². The lowest BCUT2D eigenvalue weighted by atomic mass is 9.65. The molecule has 14 heavy (non-hydrogen) atoms. The van der Waals surface area contributed by atoms with E-state index in [0.717, 1.165) is 16.5 Å². The van der Waals surface area contributed by atoms with Crippen molar-refractivity contribution in [2.45, 2.75) is 6.92 Å². The van der Waals surface area contributed by atoms with E-state index in [4.69, 9.17) is 0 Å². The quantitative estimate of drug-likeness (QED) is 0.583. The van der Waals surface area contributed by atoms with Crippen LogP contribution >= 0.6 is 0 Å². The Balaban J connectivity index is 3.24. The van der Waals surface area contributed by atoms with Gasteiger partial charge in [0.15, 0.2) is 7.28 Å². The molecule has 0 unspecified atom stereocenters. The van der Waals surface area contributed by atoms with Crippen molar-refractivity contribution >= 4 is 7.28 Å². The van der Waals surface area contributed by atoms with Crippen LogP contribution in [-0.4, -0.2) is 7.28 Å². The highest BCUT2D eigenvalue weighted by molar-refractivity contribution is 6.58. The smallest absolute Gasteiger partial charge is 0.0996 e. The molecule has 0 N–H and O–H groups in total. The van der Waals surface area contributed by atoms with Crippen LogP contribution in [0.2, 0.25) is 0 Å². The highest BCUT2D eigenvalue weighted by Gasteiger charge is 2.17. The molecule has 0 spiro atoms. The van der Waals surface area contributed by atoms with E-state index in [1.54, 1.807) is 0 Å². The fourth-order valence-electron chi connectivity index (χ4n) is 1.55. The van der Waals surface area contributed by atoms with Crippen molar-refractivity contribution in [2.24, 2.45) is 0 Å². The topological polar surface area (TPSA) is 0 Å². The maximum atomic E-state index is 3.81. The standard InChI is InChI=1S/C13H14B/c1-5-9-11-10(6-2)12(7-3)14-13(11)8-4/h5-9H,2-4H2,1H3/b9-5-. The molecule has 0 saturated heterocycles. The fraction of sp³-hybridized carbons (Fsp3) is 0.0769. The van der Waals surface area contributed by atoms with Gasteiger partial charge in [-0.15, -0.1) is 0 Å². The van der Waals surface area contributed by atoms with Crippen LogP contribution in [0.3, 0.4) is 0 Å². The predicted octanol–water partition coefficient (Wildman–Crippen LogP) is 3.35. The van der Waals surface area contributed by atoms with E-state index in [9.17, 15) is 0 Å². The van der Waals surface area contributed by atoms with E-state index < -0.39 is 0 Å². The van der Waals surface area contributed by atoms with E-state index in [1.165, 1.54) is 5.57 Å². The van der Waals surface area contributed by atoms with Crippen LogP contribution in [0, 0.1) is 0 Å². The third-order valence-corrected chi connectivity index (χ3v) is 2.20. The fourth-order valence-corrected chi connectivity index (χ4v) is 1.55. The van der Waals surface area contributed by atoms with Gasteiger partial charge in [0.1, 0.15) is 0 Å². The first-order chi connectivity index (χ1) is 6.78. The Kier molecular flexibility index (Phi) is 3.52. The summed E-state index contributed by atoms with van der Waals surface area (Å²) in [5.41, 5.74) is 4.55. The number of hydrogen-bond acceptors (Lipinski definition) is 0. The minimum atomic E-state index is 1.11. The third-order valence-electron chi connectivity index (χ3n) is 2.20. The highest BCUT2D eigenvalue weighted by atomic mass is 14.1. The molecule has 1 heteroatoms. The first kappa shape index (κ1) is 10.6. The summed E-state index contributed by atoms with van der Waals surface area (Å²) in [5, 5.41) is 0. The van der Waals surface area contributed by atoms with E-state index in [1.807, 2.05) is 31.2 Å². The number of rotatable bonds is 4. The van der Waals surface area contributed by atoms with Gasteiger partial charge in [-0.2, -0.15) is 0 Å². The molecule has 0 bridgehead atoms. The second-order valence-electron chi connectivity index (χ2n) is 2.99. The molecule has 0 aromatic carbocycles. The van der Waals surface area contributed by atoms with Gasteiger partial charge in [-0.05, 0) is 18.1 Å². The summed E-state index contributed by atoms with van der Waals surface area (Å²) in [6.07, 6.45) is 9.65. The summed E-state index contributed by atoms with van der Waals surface area (Å²) in [6, 6.07) is 0. The van der Waals surface area contributed by atoms with Crippen LogP contribution in [-0.2, 0) is 0 Å². The van der Waals surface area contributed by atoms with Crippen LogP contribution in [0.1, 0.15) is 6.92 Å². The zero-order chi connectivity index (χ0) is 10.6. The van der Waals surface area contributed by atoms with Gasteiger partial charge in [0.05, 0.1) is 0 Å². The maximum Gasteiger partial charge on any atom is 0.192 e. The Morgan fingerprint density at radius 2 is 1.50 bits per heavy atom. The first-order valence-corrected chi connectivity index (χ1v) is 4.62. The molecule has 1 rings (SSSR count). The molecular weight excluding hydrogens is 167 g/mol. The van der Waals surface area contributed by atoms with E-state index in [2.05, 4.69) is 33.1 Å².